The molecule has 10 nitrogen and oxygen atoms in total. The van der Waals surface area contributed by atoms with E-state index < -0.39 is 24.1 Å². The number of aryl methyl sites for hydroxylation is 1. The van der Waals surface area contributed by atoms with Gasteiger partial charge in [-0.05, 0) is 66.3 Å². The van der Waals surface area contributed by atoms with Crippen molar-refractivity contribution in [3.63, 3.8) is 0 Å². The maximum Gasteiger partial charge on any atom is 0.411 e. The third kappa shape index (κ3) is 6.68. The van der Waals surface area contributed by atoms with Crippen molar-refractivity contribution >= 4 is 40.0 Å². The van der Waals surface area contributed by atoms with Crippen molar-refractivity contribution in [2.75, 3.05) is 36.6 Å². The minimum Gasteiger partial charge on any atom is -0.487 e. The van der Waals surface area contributed by atoms with E-state index in [-0.39, 0.29) is 43.0 Å². The fourth-order valence-electron chi connectivity index (χ4n) is 5.38. The number of carbonyl (C=O) groups excluding carboxylic acids is 2. The van der Waals surface area contributed by atoms with E-state index in [0.29, 0.717) is 17.1 Å². The summed E-state index contributed by atoms with van der Waals surface area (Å²) in [7, 11) is 1.61. The summed E-state index contributed by atoms with van der Waals surface area (Å²) in [5.74, 6) is -0.886. The molecule has 2 amide bonds. The van der Waals surface area contributed by atoms with E-state index in [1.165, 1.54) is 17.9 Å². The number of carbonyl (C=O) groups is 2. The average molecular weight is 602 g/mol. The summed E-state index contributed by atoms with van der Waals surface area (Å²) < 4.78 is 26.4. The zero-order valence-corrected chi connectivity index (χ0v) is 25.1. The van der Waals surface area contributed by atoms with Gasteiger partial charge >= 0.3 is 6.09 Å². The molecule has 4 aromatic rings. The number of aliphatic hydroxyl groups is 1. The highest BCUT2D eigenvalue weighted by Gasteiger charge is 2.27. The van der Waals surface area contributed by atoms with Gasteiger partial charge in [0, 0.05) is 54.1 Å². The number of nitrogens with zero attached hydrogens (tertiary/aromatic N) is 2. The molecule has 2 aliphatic rings. The second-order valence-electron chi connectivity index (χ2n) is 11.3. The normalized spacial score (nSPS) is 18.1. The zero-order chi connectivity index (χ0) is 31.5. The van der Waals surface area contributed by atoms with Gasteiger partial charge in [-0.2, -0.15) is 0 Å². The van der Waals surface area contributed by atoms with Crippen LogP contribution in [0.4, 0.5) is 26.4 Å². The van der Waals surface area contributed by atoms with E-state index in [1.54, 1.807) is 13.2 Å². The Labute approximate surface area is 255 Å². The Hall–Kier alpha value is -4.90. The summed E-state index contributed by atoms with van der Waals surface area (Å²) in [6, 6.07) is 15.1. The number of nitrogen functional groups attached to an aromatic ring is 1. The largest absolute Gasteiger partial charge is 0.487 e. The van der Waals surface area contributed by atoms with Crippen molar-refractivity contribution < 1.29 is 28.6 Å². The third-order valence-electron chi connectivity index (χ3n) is 7.60. The molecule has 0 aliphatic carbocycles. The van der Waals surface area contributed by atoms with Gasteiger partial charge < -0.3 is 30.5 Å². The predicted octanol–water partition coefficient (Wildman–Crippen LogP) is 5.50. The monoisotopic (exact) mass is 601 g/mol. The SMILES string of the molecule is Cc1cc2ccc1[C@@H](C)COC(=O)Nc1cc(F)c(OC[C@H](C)O)c(c1)CN(C)C(=O)[C@@H]2Nc1ccc2c(N)nccc2c1. The first kappa shape index (κ1) is 30.6. The second-order valence-corrected chi connectivity index (χ2v) is 11.3. The van der Waals surface area contributed by atoms with Crippen LogP contribution < -0.4 is 21.1 Å². The Morgan fingerprint density at radius 1 is 1.20 bits per heavy atom. The van der Waals surface area contributed by atoms with Crippen LogP contribution >= 0.6 is 0 Å². The van der Waals surface area contributed by atoms with Crippen molar-refractivity contribution in [1.82, 2.24) is 9.88 Å². The van der Waals surface area contributed by atoms with Gasteiger partial charge in [0.15, 0.2) is 11.6 Å². The van der Waals surface area contributed by atoms with Gasteiger partial charge in [-0.1, -0.05) is 25.1 Å². The predicted molar refractivity (Wildman–Crippen MR) is 167 cm³/mol. The number of nitrogens with one attached hydrogen (secondary N) is 2. The number of amides is 2. The van der Waals surface area contributed by atoms with Crippen LogP contribution in [0.15, 0.2) is 60.8 Å². The molecule has 11 heteroatoms. The number of aliphatic hydroxyl groups excluding tert-OH is 1. The lowest BCUT2D eigenvalue weighted by molar-refractivity contribution is -0.131. The highest BCUT2D eigenvalue weighted by atomic mass is 19.1. The standard InChI is InChI=1S/C33H36FN5O5/c1-18-11-22-5-7-26(18)19(2)16-44-33(42)38-25-13-23(30(28(34)14-25)43-17-20(3)40)15-39(4)32(41)29(22)37-24-6-8-27-21(12-24)9-10-36-31(27)35/h5-14,19-20,29,37,40H,15-17H2,1-4H3,(H2,35,36)(H,38,42)/t19-,20-,29+/m0/s1. The summed E-state index contributed by atoms with van der Waals surface area (Å²) >= 11 is 0. The number of hydrogen-bond acceptors (Lipinski definition) is 8. The number of benzene rings is 3. The molecule has 3 atom stereocenters. The average Bonchev–Trinajstić information content (AvgIpc) is 2.97. The van der Waals surface area contributed by atoms with Crippen LogP contribution in [-0.4, -0.2) is 53.4 Å². The Bertz CT molecular complexity index is 1710. The Morgan fingerprint density at radius 2 is 2.00 bits per heavy atom. The van der Waals surface area contributed by atoms with E-state index in [9.17, 15) is 14.7 Å². The minimum absolute atomic E-state index is 0.0539. The van der Waals surface area contributed by atoms with Crippen molar-refractivity contribution in [2.24, 2.45) is 0 Å². The third-order valence-corrected chi connectivity index (χ3v) is 7.60. The molecule has 1 aromatic heterocycles. The van der Waals surface area contributed by atoms with Gasteiger partial charge in [-0.3, -0.25) is 10.1 Å². The molecule has 230 valence electrons. The lowest BCUT2D eigenvalue weighted by Crippen LogP contribution is -2.35. The van der Waals surface area contributed by atoms with Crippen LogP contribution in [-0.2, 0) is 16.1 Å². The highest BCUT2D eigenvalue weighted by molar-refractivity contribution is 5.94. The molecule has 4 bridgehead atoms. The quantitative estimate of drug-likeness (QED) is 0.235. The zero-order valence-electron chi connectivity index (χ0n) is 25.1. The first-order valence-corrected chi connectivity index (χ1v) is 14.3. The summed E-state index contributed by atoms with van der Waals surface area (Å²) in [6.07, 6.45) is 0.0460. The summed E-state index contributed by atoms with van der Waals surface area (Å²) in [6.45, 7) is 5.29. The van der Waals surface area contributed by atoms with Crippen LogP contribution in [0.2, 0.25) is 0 Å². The molecular weight excluding hydrogens is 565 g/mol. The number of nitrogens with two attached hydrogens (primary N) is 1. The molecule has 6 rings (SSSR count). The van der Waals surface area contributed by atoms with Crippen LogP contribution in [0.1, 0.15) is 48.1 Å². The number of fused-ring (bicyclic) bond motifs is 10. The van der Waals surface area contributed by atoms with Crippen molar-refractivity contribution in [3.8, 4) is 5.75 Å². The topological polar surface area (TPSA) is 139 Å². The molecule has 0 radical (unpaired) electrons. The fraction of sp³-hybridized carbons (Fsp3) is 0.303. The number of halogens is 1. The fourth-order valence-corrected chi connectivity index (χ4v) is 5.38. The summed E-state index contributed by atoms with van der Waals surface area (Å²) in [5, 5.41) is 17.4. The van der Waals surface area contributed by atoms with Gasteiger partial charge in [0.05, 0.1) is 12.7 Å². The van der Waals surface area contributed by atoms with Gasteiger partial charge in [0.25, 0.3) is 0 Å². The van der Waals surface area contributed by atoms with Gasteiger partial charge in [0.2, 0.25) is 5.91 Å². The first-order valence-electron chi connectivity index (χ1n) is 14.3. The number of ether oxygens (including phenoxy) is 2. The first-order chi connectivity index (χ1) is 21.0. The van der Waals surface area contributed by atoms with Gasteiger partial charge in [0.1, 0.15) is 18.5 Å². The maximum atomic E-state index is 15.3. The molecule has 2 aliphatic heterocycles. The van der Waals surface area contributed by atoms with E-state index in [4.69, 9.17) is 15.2 Å². The van der Waals surface area contributed by atoms with Crippen molar-refractivity contribution in [3.05, 3.63) is 88.9 Å². The van der Waals surface area contributed by atoms with Crippen molar-refractivity contribution in [1.29, 1.82) is 0 Å². The Kier molecular flexibility index (Phi) is 8.86. The lowest BCUT2D eigenvalue weighted by Gasteiger charge is -2.28. The van der Waals surface area contributed by atoms with Crippen LogP contribution in [0.5, 0.6) is 5.75 Å². The Morgan fingerprint density at radius 3 is 2.75 bits per heavy atom. The molecular formula is C33H36FN5O5. The molecule has 0 fully saturated rings. The maximum absolute atomic E-state index is 15.3. The number of hydrogen-bond donors (Lipinski definition) is 4. The van der Waals surface area contributed by atoms with Crippen LogP contribution in [0.3, 0.4) is 0 Å². The van der Waals surface area contributed by atoms with E-state index >= 15 is 4.39 Å². The molecule has 0 saturated heterocycles. The molecule has 3 aromatic carbocycles. The van der Waals surface area contributed by atoms with E-state index in [0.717, 1.165) is 33.5 Å². The summed E-state index contributed by atoms with van der Waals surface area (Å²) in [5.41, 5.74) is 9.82. The highest BCUT2D eigenvalue weighted by Crippen LogP contribution is 2.32. The molecule has 5 N–H and O–H groups in total. The number of likely N-dealkylation sites (N-methyl/N-ethyl adjacent to an activating group) is 1. The van der Waals surface area contributed by atoms with Gasteiger partial charge in [-0.25, -0.2) is 14.2 Å². The number of pyridine rings is 1. The number of anilines is 3. The molecule has 0 unspecified atom stereocenters. The molecule has 3 heterocycles. The van der Waals surface area contributed by atoms with Crippen LogP contribution in [0.25, 0.3) is 10.8 Å². The lowest BCUT2D eigenvalue weighted by atomic mass is 9.93. The van der Waals surface area contributed by atoms with Gasteiger partial charge in [-0.15, -0.1) is 0 Å². The molecule has 44 heavy (non-hydrogen) atoms. The molecule has 0 spiro atoms. The second kappa shape index (κ2) is 12.8. The van der Waals surface area contributed by atoms with E-state index in [1.807, 2.05) is 56.3 Å². The van der Waals surface area contributed by atoms with Crippen molar-refractivity contribution in [2.45, 2.75) is 45.4 Å². The molecule has 0 saturated carbocycles. The smallest absolute Gasteiger partial charge is 0.411 e. The number of aromatic nitrogens is 1. The minimum atomic E-state index is -0.852. The summed E-state index contributed by atoms with van der Waals surface area (Å²) in [4.78, 5) is 32.4. The van der Waals surface area contributed by atoms with Crippen LogP contribution in [0, 0.1) is 12.7 Å². The Balaban J connectivity index is 1.58. The number of rotatable bonds is 5. The van der Waals surface area contributed by atoms with E-state index in [2.05, 4.69) is 15.6 Å².